The van der Waals surface area contributed by atoms with Crippen LogP contribution in [0.5, 0.6) is 5.75 Å². The van der Waals surface area contributed by atoms with Crippen LogP contribution in [0.2, 0.25) is 0 Å². The number of carbonyl (C=O) groups excluding carboxylic acids is 2. The summed E-state index contributed by atoms with van der Waals surface area (Å²) in [5, 5.41) is 7.30. The summed E-state index contributed by atoms with van der Waals surface area (Å²) in [6.07, 6.45) is -0.558. The second-order valence-electron chi connectivity index (χ2n) is 2.87. The van der Waals surface area contributed by atoms with E-state index in [0.717, 1.165) is 0 Å². The smallest absolute Gasteiger partial charge is 0.410 e. The molecule has 0 radical (unpaired) electrons. The van der Waals surface area contributed by atoms with Crippen LogP contribution in [0.15, 0.2) is 24.3 Å². The Morgan fingerprint density at radius 2 is 1.94 bits per heavy atom. The Balaban J connectivity index is 2.71. The SMILES string of the molecule is CNC(=O)Nc1cccc(OC(=O)NC)c1. The van der Waals surface area contributed by atoms with Crippen LogP contribution >= 0.6 is 0 Å². The maximum absolute atomic E-state index is 11.0. The largest absolute Gasteiger partial charge is 0.412 e. The summed E-state index contributed by atoms with van der Waals surface area (Å²) in [4.78, 5) is 22.0. The van der Waals surface area contributed by atoms with Gasteiger partial charge in [-0.15, -0.1) is 0 Å². The summed E-state index contributed by atoms with van der Waals surface area (Å²) in [6.45, 7) is 0. The topological polar surface area (TPSA) is 79.5 Å². The summed E-state index contributed by atoms with van der Waals surface area (Å²) in [7, 11) is 2.98. The maximum atomic E-state index is 11.0. The molecule has 0 aliphatic rings. The summed E-state index contributed by atoms with van der Waals surface area (Å²) in [5.74, 6) is 0.355. The molecule has 6 nitrogen and oxygen atoms in total. The number of nitrogens with one attached hydrogen (secondary N) is 3. The normalized spacial score (nSPS) is 9.12. The van der Waals surface area contributed by atoms with Crippen molar-refractivity contribution in [1.82, 2.24) is 10.6 Å². The second-order valence-corrected chi connectivity index (χ2v) is 2.87. The molecule has 3 amide bonds. The fourth-order valence-electron chi connectivity index (χ4n) is 0.989. The van der Waals surface area contributed by atoms with Gasteiger partial charge in [0, 0.05) is 25.8 Å². The molecule has 0 aliphatic heterocycles. The van der Waals surface area contributed by atoms with Gasteiger partial charge in [-0.1, -0.05) is 6.07 Å². The number of hydrogen-bond acceptors (Lipinski definition) is 3. The van der Waals surface area contributed by atoms with Gasteiger partial charge in [0.2, 0.25) is 0 Å². The zero-order valence-corrected chi connectivity index (χ0v) is 9.03. The predicted octanol–water partition coefficient (Wildman–Crippen LogP) is 1.16. The van der Waals surface area contributed by atoms with Gasteiger partial charge < -0.3 is 20.7 Å². The summed E-state index contributed by atoms with van der Waals surface area (Å²) in [5.41, 5.74) is 0.542. The zero-order valence-electron chi connectivity index (χ0n) is 9.03. The lowest BCUT2D eigenvalue weighted by Crippen LogP contribution is -2.24. The fourth-order valence-corrected chi connectivity index (χ4v) is 0.989. The third-order valence-electron chi connectivity index (χ3n) is 1.73. The Hall–Kier alpha value is -2.24. The Kier molecular flexibility index (Phi) is 4.14. The molecule has 0 saturated heterocycles. The zero-order chi connectivity index (χ0) is 12.0. The highest BCUT2D eigenvalue weighted by molar-refractivity contribution is 5.89. The van der Waals surface area contributed by atoms with E-state index in [-0.39, 0.29) is 6.03 Å². The average molecular weight is 223 g/mol. The first-order valence-electron chi connectivity index (χ1n) is 4.64. The van der Waals surface area contributed by atoms with Gasteiger partial charge in [-0.25, -0.2) is 9.59 Å². The van der Waals surface area contributed by atoms with Crippen LogP contribution in [0.25, 0.3) is 0 Å². The van der Waals surface area contributed by atoms with Crippen molar-refractivity contribution in [3.05, 3.63) is 24.3 Å². The maximum Gasteiger partial charge on any atom is 0.412 e. The lowest BCUT2D eigenvalue weighted by molar-refractivity contribution is 0.203. The standard InChI is InChI=1S/C10H13N3O3/c1-11-9(14)13-7-4-3-5-8(6-7)16-10(15)12-2/h3-6H,1-2H3,(H,12,15)(H2,11,13,14). The lowest BCUT2D eigenvalue weighted by atomic mass is 10.3. The van der Waals surface area contributed by atoms with E-state index in [9.17, 15) is 9.59 Å². The Bertz CT molecular complexity index is 359. The van der Waals surface area contributed by atoms with E-state index in [2.05, 4.69) is 16.0 Å². The molecule has 0 unspecified atom stereocenters. The molecule has 0 heterocycles. The molecule has 1 rings (SSSR count). The van der Waals surface area contributed by atoms with Gasteiger partial charge >= 0.3 is 12.1 Å². The van der Waals surface area contributed by atoms with Crippen LogP contribution < -0.4 is 20.7 Å². The molecule has 16 heavy (non-hydrogen) atoms. The number of hydrogen-bond donors (Lipinski definition) is 3. The van der Waals surface area contributed by atoms with Gasteiger partial charge in [-0.05, 0) is 12.1 Å². The quantitative estimate of drug-likeness (QED) is 0.703. The van der Waals surface area contributed by atoms with Crippen LogP contribution in [-0.2, 0) is 0 Å². The molecule has 0 atom stereocenters. The minimum absolute atomic E-state index is 0.336. The molecule has 0 bridgehead atoms. The molecular formula is C10H13N3O3. The van der Waals surface area contributed by atoms with Crippen LogP contribution in [-0.4, -0.2) is 26.2 Å². The molecule has 0 spiro atoms. The molecule has 1 aromatic carbocycles. The van der Waals surface area contributed by atoms with Gasteiger partial charge in [-0.2, -0.15) is 0 Å². The van der Waals surface area contributed by atoms with E-state index >= 15 is 0 Å². The monoisotopic (exact) mass is 223 g/mol. The van der Waals surface area contributed by atoms with Gasteiger partial charge in [0.1, 0.15) is 5.75 Å². The van der Waals surface area contributed by atoms with Crippen molar-refractivity contribution < 1.29 is 14.3 Å². The highest BCUT2D eigenvalue weighted by Gasteiger charge is 2.03. The third kappa shape index (κ3) is 3.49. The second kappa shape index (κ2) is 5.59. The first-order valence-corrected chi connectivity index (χ1v) is 4.64. The number of benzene rings is 1. The van der Waals surface area contributed by atoms with E-state index < -0.39 is 6.09 Å². The van der Waals surface area contributed by atoms with Crippen LogP contribution in [0.4, 0.5) is 15.3 Å². The molecule has 1 aromatic rings. The summed E-state index contributed by atoms with van der Waals surface area (Å²) < 4.78 is 4.90. The molecule has 0 aromatic heterocycles. The molecule has 3 N–H and O–H groups in total. The Morgan fingerprint density at radius 1 is 1.19 bits per heavy atom. The van der Waals surface area contributed by atoms with Crippen molar-refractivity contribution >= 4 is 17.8 Å². The first-order chi connectivity index (χ1) is 7.65. The van der Waals surface area contributed by atoms with Gasteiger partial charge in [-0.3, -0.25) is 0 Å². The minimum atomic E-state index is -0.558. The highest BCUT2D eigenvalue weighted by atomic mass is 16.5. The molecule has 86 valence electrons. The Morgan fingerprint density at radius 3 is 2.56 bits per heavy atom. The number of urea groups is 1. The minimum Gasteiger partial charge on any atom is -0.410 e. The first kappa shape index (κ1) is 11.8. The number of rotatable bonds is 2. The average Bonchev–Trinajstić information content (AvgIpc) is 2.29. The van der Waals surface area contributed by atoms with Crippen molar-refractivity contribution in [2.75, 3.05) is 19.4 Å². The van der Waals surface area contributed by atoms with Crippen LogP contribution in [0.3, 0.4) is 0 Å². The van der Waals surface area contributed by atoms with E-state index in [4.69, 9.17) is 4.74 Å². The number of ether oxygens (including phenoxy) is 1. The number of carbonyl (C=O) groups is 2. The molecule has 6 heteroatoms. The summed E-state index contributed by atoms with van der Waals surface area (Å²) >= 11 is 0. The number of amides is 3. The molecule has 0 saturated carbocycles. The van der Waals surface area contributed by atoms with Gasteiger partial charge in [0.15, 0.2) is 0 Å². The number of anilines is 1. The molecular weight excluding hydrogens is 210 g/mol. The van der Waals surface area contributed by atoms with Crippen molar-refractivity contribution in [2.24, 2.45) is 0 Å². The van der Waals surface area contributed by atoms with Gasteiger partial charge in [0.25, 0.3) is 0 Å². The highest BCUT2D eigenvalue weighted by Crippen LogP contribution is 2.17. The van der Waals surface area contributed by atoms with Gasteiger partial charge in [0.05, 0.1) is 0 Å². The van der Waals surface area contributed by atoms with Crippen molar-refractivity contribution in [1.29, 1.82) is 0 Å². The summed E-state index contributed by atoms with van der Waals surface area (Å²) in [6, 6.07) is 6.18. The van der Waals surface area contributed by atoms with E-state index in [1.165, 1.54) is 14.1 Å². The van der Waals surface area contributed by atoms with E-state index in [1.54, 1.807) is 24.3 Å². The van der Waals surface area contributed by atoms with Crippen LogP contribution in [0.1, 0.15) is 0 Å². The fraction of sp³-hybridized carbons (Fsp3) is 0.200. The van der Waals surface area contributed by atoms with E-state index in [1.807, 2.05) is 0 Å². The van der Waals surface area contributed by atoms with Crippen molar-refractivity contribution in [3.63, 3.8) is 0 Å². The van der Waals surface area contributed by atoms with Crippen LogP contribution in [0, 0.1) is 0 Å². The molecule has 0 aliphatic carbocycles. The lowest BCUT2D eigenvalue weighted by Gasteiger charge is -2.07. The Labute approximate surface area is 93.0 Å². The van der Waals surface area contributed by atoms with E-state index in [0.29, 0.717) is 11.4 Å². The van der Waals surface area contributed by atoms with Crippen molar-refractivity contribution in [2.45, 2.75) is 0 Å². The predicted molar refractivity (Wildman–Crippen MR) is 59.6 cm³/mol. The third-order valence-corrected chi connectivity index (χ3v) is 1.73. The van der Waals surface area contributed by atoms with Crippen molar-refractivity contribution in [3.8, 4) is 5.75 Å². The molecule has 0 fully saturated rings.